The Kier molecular flexibility index (Phi) is 6.57. The highest BCUT2D eigenvalue weighted by atomic mass is 16.2. The van der Waals surface area contributed by atoms with Gasteiger partial charge in [-0.05, 0) is 42.9 Å². The quantitative estimate of drug-likeness (QED) is 0.572. The molecule has 0 atom stereocenters. The van der Waals surface area contributed by atoms with E-state index in [4.69, 9.17) is 0 Å². The summed E-state index contributed by atoms with van der Waals surface area (Å²) in [4.78, 5) is 52.0. The molecule has 1 saturated heterocycles. The van der Waals surface area contributed by atoms with Crippen molar-refractivity contribution in [2.75, 3.05) is 18.0 Å². The zero-order valence-corrected chi connectivity index (χ0v) is 19.4. The van der Waals surface area contributed by atoms with Crippen molar-refractivity contribution < 1.29 is 4.79 Å². The van der Waals surface area contributed by atoms with Gasteiger partial charge in [-0.3, -0.25) is 19.1 Å². The van der Waals surface area contributed by atoms with E-state index in [9.17, 15) is 14.4 Å². The fourth-order valence-electron chi connectivity index (χ4n) is 4.13. The maximum atomic E-state index is 13.2. The normalized spacial score (nSPS) is 13.8. The highest BCUT2D eigenvalue weighted by Crippen LogP contribution is 2.21. The zero-order valence-electron chi connectivity index (χ0n) is 19.4. The summed E-state index contributed by atoms with van der Waals surface area (Å²) in [5.74, 6) is 0.581. The Morgan fingerprint density at radius 2 is 1.97 bits per heavy atom. The number of hydrogen-bond donors (Lipinski definition) is 2. The first-order chi connectivity index (χ1) is 15.9. The Morgan fingerprint density at radius 3 is 2.61 bits per heavy atom. The van der Waals surface area contributed by atoms with Crippen LogP contribution in [0, 0.1) is 0 Å². The van der Waals surface area contributed by atoms with Crippen molar-refractivity contribution in [2.45, 2.75) is 59.0 Å². The van der Waals surface area contributed by atoms with Crippen molar-refractivity contribution in [3.63, 3.8) is 0 Å². The molecule has 1 fully saturated rings. The second-order valence-electron chi connectivity index (χ2n) is 8.76. The molecule has 3 aromatic rings. The molecule has 3 aromatic heterocycles. The number of carbonyl (C=O) groups is 1. The van der Waals surface area contributed by atoms with Crippen LogP contribution in [0.5, 0.6) is 0 Å². The minimum atomic E-state index is -0.605. The molecule has 0 unspecified atom stereocenters. The first kappa shape index (κ1) is 22.7. The largest absolute Gasteiger partial charge is 0.357 e. The van der Waals surface area contributed by atoms with Crippen LogP contribution in [0.4, 0.5) is 5.82 Å². The number of H-pyrrole nitrogens is 1. The molecule has 2 N–H and O–H groups in total. The molecule has 4 heterocycles. The minimum Gasteiger partial charge on any atom is -0.357 e. The lowest BCUT2D eigenvalue weighted by atomic mass is 10.0. The smallest absolute Gasteiger partial charge is 0.329 e. The van der Waals surface area contributed by atoms with Gasteiger partial charge in [0.1, 0.15) is 5.82 Å². The number of anilines is 1. The summed E-state index contributed by atoms with van der Waals surface area (Å²) in [5.41, 5.74) is 0.866. The number of nitrogens with zero attached hydrogens (tertiary/aromatic N) is 4. The van der Waals surface area contributed by atoms with Crippen LogP contribution in [-0.2, 0) is 13.1 Å². The first-order valence-corrected chi connectivity index (χ1v) is 11.5. The highest BCUT2D eigenvalue weighted by Gasteiger charge is 2.20. The van der Waals surface area contributed by atoms with E-state index >= 15 is 0 Å². The Balaban J connectivity index is 1.65. The average molecular weight is 451 g/mol. The summed E-state index contributed by atoms with van der Waals surface area (Å²) in [6.45, 7) is 8.57. The lowest BCUT2D eigenvalue weighted by Gasteiger charge is -2.16. The fraction of sp³-hybridized carbons (Fsp3) is 0.458. The number of aromatic nitrogens is 4. The van der Waals surface area contributed by atoms with Gasteiger partial charge in [-0.15, -0.1) is 0 Å². The van der Waals surface area contributed by atoms with E-state index < -0.39 is 11.2 Å². The van der Waals surface area contributed by atoms with Crippen molar-refractivity contribution in [3.8, 4) is 0 Å². The number of pyridine rings is 2. The SMILES string of the molecule is CCCn1c(=O)[nH]c(=O)c2c(C(=O)NCc3ccc(N4CCCC4)nc3)cc(C(C)C)nc21. The van der Waals surface area contributed by atoms with Gasteiger partial charge >= 0.3 is 5.69 Å². The number of aryl methyl sites for hydroxylation is 1. The van der Waals surface area contributed by atoms with Crippen molar-refractivity contribution in [3.05, 3.63) is 62.1 Å². The van der Waals surface area contributed by atoms with E-state index in [0.29, 0.717) is 18.7 Å². The van der Waals surface area contributed by atoms with Crippen LogP contribution >= 0.6 is 0 Å². The van der Waals surface area contributed by atoms with Gasteiger partial charge in [0.15, 0.2) is 5.65 Å². The van der Waals surface area contributed by atoms with E-state index in [-0.39, 0.29) is 35.0 Å². The van der Waals surface area contributed by atoms with Crippen LogP contribution in [-0.4, -0.2) is 38.5 Å². The minimum absolute atomic E-state index is 0.0211. The second-order valence-corrected chi connectivity index (χ2v) is 8.76. The highest BCUT2D eigenvalue weighted by molar-refractivity contribution is 6.05. The maximum Gasteiger partial charge on any atom is 0.329 e. The number of rotatable bonds is 7. The van der Waals surface area contributed by atoms with Gasteiger partial charge in [-0.25, -0.2) is 14.8 Å². The van der Waals surface area contributed by atoms with Crippen molar-refractivity contribution in [1.29, 1.82) is 0 Å². The monoisotopic (exact) mass is 450 g/mol. The molecule has 0 aliphatic carbocycles. The summed E-state index contributed by atoms with van der Waals surface area (Å²) >= 11 is 0. The zero-order chi connectivity index (χ0) is 23.5. The molecule has 9 nitrogen and oxygen atoms in total. The van der Waals surface area contributed by atoms with Gasteiger partial charge in [0.25, 0.3) is 11.5 Å². The van der Waals surface area contributed by atoms with Crippen molar-refractivity contribution in [2.24, 2.45) is 0 Å². The molecule has 1 amide bonds. The van der Waals surface area contributed by atoms with Gasteiger partial charge in [-0.1, -0.05) is 26.8 Å². The number of carbonyl (C=O) groups excluding carboxylic acids is 1. The van der Waals surface area contributed by atoms with Crippen LogP contribution in [0.15, 0.2) is 34.0 Å². The molecule has 33 heavy (non-hydrogen) atoms. The fourth-order valence-corrected chi connectivity index (χ4v) is 4.13. The maximum absolute atomic E-state index is 13.2. The summed E-state index contributed by atoms with van der Waals surface area (Å²) in [6, 6.07) is 5.57. The molecule has 0 radical (unpaired) electrons. The molecule has 0 saturated carbocycles. The van der Waals surface area contributed by atoms with Gasteiger partial charge in [0, 0.05) is 38.1 Å². The van der Waals surface area contributed by atoms with Gasteiger partial charge in [-0.2, -0.15) is 0 Å². The van der Waals surface area contributed by atoms with Crippen LogP contribution in [0.25, 0.3) is 11.0 Å². The standard InChI is InChI=1S/C24H30N6O3/c1-4-9-30-21-20(23(32)28-24(30)33)17(12-18(27-21)15(2)3)22(31)26-14-16-7-8-19(25-13-16)29-10-5-6-11-29/h7-8,12-13,15H,4-6,9-11,14H2,1-3H3,(H,26,31)(H,28,32,33). The number of fused-ring (bicyclic) bond motifs is 1. The van der Waals surface area contributed by atoms with Gasteiger partial charge < -0.3 is 10.2 Å². The third kappa shape index (κ3) is 4.67. The topological polar surface area (TPSA) is 113 Å². The lowest BCUT2D eigenvalue weighted by molar-refractivity contribution is 0.0952. The third-order valence-corrected chi connectivity index (χ3v) is 5.94. The molecular formula is C24H30N6O3. The summed E-state index contributed by atoms with van der Waals surface area (Å²) in [5, 5.41) is 3.03. The molecule has 1 aliphatic heterocycles. The molecule has 0 spiro atoms. The van der Waals surface area contributed by atoms with E-state index in [1.807, 2.05) is 32.9 Å². The van der Waals surface area contributed by atoms with Gasteiger partial charge in [0.05, 0.1) is 10.9 Å². The van der Waals surface area contributed by atoms with E-state index in [1.54, 1.807) is 12.3 Å². The Bertz CT molecular complexity index is 1270. The molecule has 4 rings (SSSR count). The number of hydrogen-bond acceptors (Lipinski definition) is 6. The molecule has 1 aliphatic rings. The summed E-state index contributed by atoms with van der Waals surface area (Å²) in [6.07, 6.45) is 4.83. The van der Waals surface area contributed by atoms with Crippen molar-refractivity contribution >= 4 is 22.8 Å². The molecule has 174 valence electrons. The molecular weight excluding hydrogens is 420 g/mol. The van der Waals surface area contributed by atoms with Crippen LogP contribution in [0.1, 0.15) is 67.6 Å². The predicted molar refractivity (Wildman–Crippen MR) is 128 cm³/mol. The van der Waals surface area contributed by atoms with E-state index in [0.717, 1.165) is 24.5 Å². The van der Waals surface area contributed by atoms with E-state index in [1.165, 1.54) is 17.4 Å². The number of aromatic amines is 1. The Morgan fingerprint density at radius 1 is 1.21 bits per heavy atom. The second kappa shape index (κ2) is 9.56. The van der Waals surface area contributed by atoms with Gasteiger partial charge in [0.2, 0.25) is 0 Å². The van der Waals surface area contributed by atoms with Crippen LogP contribution in [0.2, 0.25) is 0 Å². The average Bonchev–Trinajstić information content (AvgIpc) is 3.34. The molecule has 0 bridgehead atoms. The third-order valence-electron chi connectivity index (χ3n) is 5.94. The predicted octanol–water partition coefficient (Wildman–Crippen LogP) is 2.54. The summed E-state index contributed by atoms with van der Waals surface area (Å²) < 4.78 is 1.43. The van der Waals surface area contributed by atoms with E-state index in [2.05, 4.69) is 25.2 Å². The van der Waals surface area contributed by atoms with Crippen LogP contribution < -0.4 is 21.5 Å². The molecule has 9 heteroatoms. The first-order valence-electron chi connectivity index (χ1n) is 11.5. The Hall–Kier alpha value is -3.49. The van der Waals surface area contributed by atoms with Crippen LogP contribution in [0.3, 0.4) is 0 Å². The molecule has 0 aromatic carbocycles. The summed E-state index contributed by atoms with van der Waals surface area (Å²) in [7, 11) is 0. The van der Waals surface area contributed by atoms with Crippen molar-refractivity contribution in [1.82, 2.24) is 24.8 Å². The lowest BCUT2D eigenvalue weighted by Crippen LogP contribution is -2.33. The number of nitrogens with one attached hydrogen (secondary N) is 2. The Labute approximate surface area is 191 Å². The number of amides is 1.